The first-order valence-corrected chi connectivity index (χ1v) is 5.06. The van der Waals surface area contributed by atoms with Gasteiger partial charge in [-0.15, -0.1) is 0 Å². The lowest BCUT2D eigenvalue weighted by Gasteiger charge is -2.20. The lowest BCUT2D eigenvalue weighted by molar-refractivity contribution is -0.151. The number of hydrogen-bond acceptors (Lipinski definition) is 3. The minimum Gasteiger partial charge on any atom is -0.459 e. The van der Waals surface area contributed by atoms with Crippen LogP contribution in [0.15, 0.2) is 30.3 Å². The molecule has 0 saturated heterocycles. The van der Waals surface area contributed by atoms with Gasteiger partial charge in [-0.3, -0.25) is 4.79 Å². The van der Waals surface area contributed by atoms with Gasteiger partial charge < -0.3 is 10.5 Å². The van der Waals surface area contributed by atoms with E-state index in [1.807, 2.05) is 37.3 Å². The van der Waals surface area contributed by atoms with Crippen molar-refractivity contribution >= 4 is 5.97 Å². The molecule has 0 aliphatic carbocycles. The molecule has 0 aliphatic rings. The number of nitrogens with two attached hydrogens (primary N) is 1. The van der Waals surface area contributed by atoms with Gasteiger partial charge in [0.2, 0.25) is 0 Å². The van der Waals surface area contributed by atoms with Crippen LogP contribution in [-0.4, -0.2) is 11.5 Å². The van der Waals surface area contributed by atoms with Gasteiger partial charge in [-0.1, -0.05) is 37.3 Å². The highest BCUT2D eigenvalue weighted by Gasteiger charge is 2.27. The Bertz CT molecular complexity index is 320. The van der Waals surface area contributed by atoms with E-state index in [-0.39, 0.29) is 12.6 Å². The molecule has 1 atom stereocenters. The van der Waals surface area contributed by atoms with Crippen LogP contribution in [0.4, 0.5) is 0 Å². The molecule has 1 rings (SSSR count). The summed E-state index contributed by atoms with van der Waals surface area (Å²) in [6.45, 7) is 3.83. The molecule has 0 saturated carbocycles. The van der Waals surface area contributed by atoms with Gasteiger partial charge in [-0.25, -0.2) is 0 Å². The first-order valence-electron chi connectivity index (χ1n) is 5.06. The number of esters is 1. The van der Waals surface area contributed by atoms with Crippen LogP contribution < -0.4 is 5.73 Å². The summed E-state index contributed by atoms with van der Waals surface area (Å²) in [7, 11) is 0. The molecule has 0 spiro atoms. The molecule has 0 fully saturated rings. The zero-order valence-corrected chi connectivity index (χ0v) is 9.19. The highest BCUT2D eigenvalue weighted by Crippen LogP contribution is 2.09. The zero-order chi connectivity index (χ0) is 11.3. The number of carbonyl (C=O) groups excluding carboxylic acids is 1. The van der Waals surface area contributed by atoms with Crippen molar-refractivity contribution in [2.45, 2.75) is 32.4 Å². The Hall–Kier alpha value is -1.35. The number of carbonyl (C=O) groups is 1. The maximum absolute atomic E-state index is 11.5. The van der Waals surface area contributed by atoms with E-state index in [0.29, 0.717) is 6.42 Å². The molecule has 3 heteroatoms. The van der Waals surface area contributed by atoms with E-state index in [2.05, 4.69) is 0 Å². The van der Waals surface area contributed by atoms with Crippen molar-refractivity contribution in [1.29, 1.82) is 0 Å². The quantitative estimate of drug-likeness (QED) is 0.767. The third kappa shape index (κ3) is 3.36. The van der Waals surface area contributed by atoms with Crippen molar-refractivity contribution in [1.82, 2.24) is 0 Å². The highest BCUT2D eigenvalue weighted by molar-refractivity contribution is 5.79. The Morgan fingerprint density at radius 1 is 1.40 bits per heavy atom. The van der Waals surface area contributed by atoms with Gasteiger partial charge in [0.15, 0.2) is 0 Å². The smallest absolute Gasteiger partial charge is 0.326 e. The van der Waals surface area contributed by atoms with E-state index < -0.39 is 5.54 Å². The molecule has 0 radical (unpaired) electrons. The Morgan fingerprint density at radius 2 is 2.00 bits per heavy atom. The summed E-state index contributed by atoms with van der Waals surface area (Å²) in [6.07, 6.45) is 0.570. The molecule has 1 aromatic rings. The zero-order valence-electron chi connectivity index (χ0n) is 9.19. The van der Waals surface area contributed by atoms with E-state index in [4.69, 9.17) is 10.5 Å². The predicted molar refractivity (Wildman–Crippen MR) is 59.1 cm³/mol. The summed E-state index contributed by atoms with van der Waals surface area (Å²) in [4.78, 5) is 11.5. The largest absolute Gasteiger partial charge is 0.459 e. The molecule has 2 N–H and O–H groups in total. The minimum absolute atomic E-state index is 0.284. The fraction of sp³-hybridized carbons (Fsp3) is 0.417. The van der Waals surface area contributed by atoms with Crippen molar-refractivity contribution in [3.63, 3.8) is 0 Å². The van der Waals surface area contributed by atoms with E-state index in [1.165, 1.54) is 0 Å². The third-order valence-corrected chi connectivity index (χ3v) is 2.41. The van der Waals surface area contributed by atoms with E-state index in [1.54, 1.807) is 6.92 Å². The molecule has 82 valence electrons. The molecular weight excluding hydrogens is 190 g/mol. The first-order chi connectivity index (χ1) is 7.06. The van der Waals surface area contributed by atoms with Crippen molar-refractivity contribution in [2.24, 2.45) is 5.73 Å². The van der Waals surface area contributed by atoms with Crippen LogP contribution >= 0.6 is 0 Å². The number of rotatable bonds is 4. The summed E-state index contributed by atoms with van der Waals surface area (Å²) in [5.74, 6) is -0.353. The number of ether oxygens (including phenoxy) is 1. The second-order valence-corrected chi connectivity index (χ2v) is 3.83. The minimum atomic E-state index is -0.880. The van der Waals surface area contributed by atoms with E-state index >= 15 is 0 Å². The molecule has 0 heterocycles. The normalized spacial score (nSPS) is 14.3. The monoisotopic (exact) mass is 207 g/mol. The molecule has 0 amide bonds. The van der Waals surface area contributed by atoms with Crippen LogP contribution in [0.2, 0.25) is 0 Å². The fourth-order valence-corrected chi connectivity index (χ4v) is 1.03. The molecule has 15 heavy (non-hydrogen) atoms. The Morgan fingerprint density at radius 3 is 2.53 bits per heavy atom. The van der Waals surface area contributed by atoms with Gasteiger partial charge in [0.25, 0.3) is 0 Å². The average molecular weight is 207 g/mol. The molecule has 0 aliphatic heterocycles. The molecule has 0 aromatic heterocycles. The lowest BCUT2D eigenvalue weighted by Crippen LogP contribution is -2.45. The molecule has 3 nitrogen and oxygen atoms in total. The van der Waals surface area contributed by atoms with Gasteiger partial charge in [0, 0.05) is 0 Å². The maximum Gasteiger partial charge on any atom is 0.326 e. The van der Waals surface area contributed by atoms with Crippen LogP contribution in [0, 0.1) is 0 Å². The summed E-state index contributed by atoms with van der Waals surface area (Å²) in [6, 6.07) is 9.56. The SMILES string of the molecule is CC[C@@](C)(N)C(=O)OCc1ccccc1. The first kappa shape index (κ1) is 11.7. The van der Waals surface area contributed by atoms with Crippen LogP contribution in [0.3, 0.4) is 0 Å². The maximum atomic E-state index is 11.5. The molecular formula is C12H17NO2. The highest BCUT2D eigenvalue weighted by atomic mass is 16.5. The van der Waals surface area contributed by atoms with Crippen molar-refractivity contribution < 1.29 is 9.53 Å². The van der Waals surface area contributed by atoms with Crippen molar-refractivity contribution in [2.75, 3.05) is 0 Å². The summed E-state index contributed by atoms with van der Waals surface area (Å²) >= 11 is 0. The average Bonchev–Trinajstić information content (AvgIpc) is 2.27. The standard InChI is InChI=1S/C12H17NO2/c1-3-12(2,13)11(14)15-9-10-7-5-4-6-8-10/h4-8H,3,9,13H2,1-2H3/t12-/m1/s1. The van der Waals surface area contributed by atoms with Crippen LogP contribution in [0.25, 0.3) is 0 Å². The van der Waals surface area contributed by atoms with Crippen molar-refractivity contribution in [3.8, 4) is 0 Å². The number of hydrogen-bond donors (Lipinski definition) is 1. The van der Waals surface area contributed by atoms with Crippen molar-refractivity contribution in [3.05, 3.63) is 35.9 Å². The lowest BCUT2D eigenvalue weighted by atomic mass is 10.0. The van der Waals surface area contributed by atoms with Gasteiger partial charge in [0.1, 0.15) is 12.1 Å². The third-order valence-electron chi connectivity index (χ3n) is 2.41. The molecule has 0 unspecified atom stereocenters. The topological polar surface area (TPSA) is 52.3 Å². The van der Waals surface area contributed by atoms with Gasteiger partial charge in [-0.2, -0.15) is 0 Å². The summed E-state index contributed by atoms with van der Waals surface area (Å²) < 4.78 is 5.12. The van der Waals surface area contributed by atoms with Crippen LogP contribution in [-0.2, 0) is 16.1 Å². The second kappa shape index (κ2) is 4.94. The Labute approximate surface area is 90.2 Å². The summed E-state index contributed by atoms with van der Waals surface area (Å²) in [5.41, 5.74) is 5.84. The molecule has 0 bridgehead atoms. The summed E-state index contributed by atoms with van der Waals surface area (Å²) in [5, 5.41) is 0. The van der Waals surface area contributed by atoms with Gasteiger partial charge in [-0.05, 0) is 18.9 Å². The fourth-order valence-electron chi connectivity index (χ4n) is 1.03. The van der Waals surface area contributed by atoms with Crippen LogP contribution in [0.1, 0.15) is 25.8 Å². The van der Waals surface area contributed by atoms with E-state index in [0.717, 1.165) is 5.56 Å². The second-order valence-electron chi connectivity index (χ2n) is 3.83. The van der Waals surface area contributed by atoms with Crippen LogP contribution in [0.5, 0.6) is 0 Å². The Kier molecular flexibility index (Phi) is 3.86. The Balaban J connectivity index is 2.48. The van der Waals surface area contributed by atoms with E-state index in [9.17, 15) is 4.79 Å². The predicted octanol–water partition coefficient (Wildman–Crippen LogP) is 1.86. The number of benzene rings is 1. The van der Waals surface area contributed by atoms with Gasteiger partial charge >= 0.3 is 5.97 Å². The molecule has 1 aromatic carbocycles. The van der Waals surface area contributed by atoms with Gasteiger partial charge in [0.05, 0.1) is 0 Å².